The van der Waals surface area contributed by atoms with Gasteiger partial charge in [0.25, 0.3) is 0 Å². The number of oxime groups is 1. The van der Waals surface area contributed by atoms with Crippen LogP contribution in [0.1, 0.15) is 25.7 Å². The Morgan fingerprint density at radius 3 is 2.21 bits per heavy atom. The van der Waals surface area contributed by atoms with E-state index in [1.165, 1.54) is 0 Å². The lowest BCUT2D eigenvalue weighted by atomic mass is 9.98. The highest BCUT2D eigenvalue weighted by Gasteiger charge is 2.41. The number of rotatable bonds is 6. The number of sulfone groups is 1. The lowest BCUT2D eigenvalue weighted by Gasteiger charge is -2.28. The van der Waals surface area contributed by atoms with E-state index in [2.05, 4.69) is 9.88 Å². The van der Waals surface area contributed by atoms with E-state index in [0.29, 0.717) is 12.8 Å². The molecule has 4 N–H and O–H groups in total. The summed E-state index contributed by atoms with van der Waals surface area (Å²) < 4.78 is 48.2. The maximum Gasteiger partial charge on any atom is 0.213 e. The van der Waals surface area contributed by atoms with Gasteiger partial charge in [-0.1, -0.05) is 18.0 Å². The Kier molecular flexibility index (Phi) is 4.80. The zero-order chi connectivity index (χ0) is 14.7. The molecule has 0 heterocycles. The fraction of sp³-hybridized carbons (Fsp3) is 0.889. The van der Waals surface area contributed by atoms with Crippen molar-refractivity contribution in [2.24, 2.45) is 10.9 Å². The number of nitrogens with zero attached hydrogens (tertiary/aromatic N) is 1. The molecule has 0 radical (unpaired) electrons. The zero-order valence-corrected chi connectivity index (χ0v) is 12.3. The van der Waals surface area contributed by atoms with E-state index in [1.807, 2.05) is 0 Å². The van der Waals surface area contributed by atoms with Gasteiger partial charge in [-0.25, -0.2) is 21.6 Å². The quantitative estimate of drug-likeness (QED) is 0.249. The molecule has 112 valence electrons. The van der Waals surface area contributed by atoms with Crippen LogP contribution >= 0.6 is 0 Å². The summed E-state index contributed by atoms with van der Waals surface area (Å²) in [4.78, 5) is 0. The molecule has 0 spiro atoms. The van der Waals surface area contributed by atoms with Crippen molar-refractivity contribution in [3.8, 4) is 0 Å². The number of sulfonamides is 1. The average molecular weight is 313 g/mol. The van der Waals surface area contributed by atoms with E-state index < -0.39 is 36.9 Å². The van der Waals surface area contributed by atoms with Crippen LogP contribution in [-0.4, -0.2) is 51.2 Å². The molecule has 1 aliphatic carbocycles. The summed E-state index contributed by atoms with van der Waals surface area (Å²) in [6.45, 7) is 0. The summed E-state index contributed by atoms with van der Waals surface area (Å²) >= 11 is 0. The van der Waals surface area contributed by atoms with Gasteiger partial charge >= 0.3 is 0 Å². The number of hydrogen-bond acceptors (Lipinski definition) is 6. The first-order valence-corrected chi connectivity index (χ1v) is 9.49. The molecule has 0 aromatic rings. The van der Waals surface area contributed by atoms with E-state index in [-0.39, 0.29) is 5.84 Å². The van der Waals surface area contributed by atoms with Crippen molar-refractivity contribution in [1.29, 1.82) is 0 Å². The van der Waals surface area contributed by atoms with Gasteiger partial charge in [-0.05, 0) is 12.8 Å². The van der Waals surface area contributed by atoms with Crippen LogP contribution in [0.5, 0.6) is 0 Å². The Bertz CT molecular complexity index is 546. The highest BCUT2D eigenvalue weighted by atomic mass is 32.2. The fourth-order valence-electron chi connectivity index (χ4n) is 2.09. The lowest BCUT2D eigenvalue weighted by molar-refractivity contribution is 0.310. The van der Waals surface area contributed by atoms with Crippen LogP contribution in [0.2, 0.25) is 0 Å². The van der Waals surface area contributed by atoms with E-state index >= 15 is 0 Å². The molecule has 1 saturated carbocycles. The molecular weight excluding hydrogens is 294 g/mol. The molecule has 0 bridgehead atoms. The number of nitrogens with one attached hydrogen (secondary N) is 1. The van der Waals surface area contributed by atoms with E-state index in [0.717, 1.165) is 19.1 Å². The van der Waals surface area contributed by atoms with Crippen molar-refractivity contribution in [3.63, 3.8) is 0 Å². The number of hydrogen-bond donors (Lipinski definition) is 3. The highest BCUT2D eigenvalue weighted by molar-refractivity contribution is 7.93. The minimum Gasteiger partial charge on any atom is -0.409 e. The normalized spacial score (nSPS) is 20.6. The molecule has 0 unspecified atom stereocenters. The predicted octanol–water partition coefficient (Wildman–Crippen LogP) is -0.990. The van der Waals surface area contributed by atoms with Crippen LogP contribution in [0.15, 0.2) is 5.16 Å². The first kappa shape index (κ1) is 16.2. The van der Waals surface area contributed by atoms with Crippen LogP contribution in [0, 0.1) is 0 Å². The highest BCUT2D eigenvalue weighted by Crippen LogP contribution is 2.30. The van der Waals surface area contributed by atoms with Crippen LogP contribution in [0.3, 0.4) is 0 Å². The van der Waals surface area contributed by atoms with Crippen molar-refractivity contribution >= 4 is 25.7 Å². The minimum absolute atomic E-state index is 0.187. The van der Waals surface area contributed by atoms with E-state index in [1.54, 1.807) is 0 Å². The van der Waals surface area contributed by atoms with Gasteiger partial charge in [-0.3, -0.25) is 0 Å². The average Bonchev–Trinajstić information content (AvgIpc) is 2.73. The molecule has 0 amide bonds. The third kappa shape index (κ3) is 4.62. The van der Waals surface area contributed by atoms with Gasteiger partial charge in [0, 0.05) is 6.26 Å². The second-order valence-electron chi connectivity index (χ2n) is 4.83. The summed E-state index contributed by atoms with van der Waals surface area (Å²) in [7, 11) is -7.18. The standard InChI is InChI=1S/C9H19N3O5S2/c1-18(14,15)6-7-19(16,17)12-9(8(10)11-13)4-2-3-5-9/h12-13H,2-7H2,1H3,(H2,10,11). The summed E-state index contributed by atoms with van der Waals surface area (Å²) in [5, 5.41) is 11.6. The Labute approximate surface area is 113 Å². The van der Waals surface area contributed by atoms with Crippen molar-refractivity contribution < 1.29 is 22.0 Å². The summed E-state index contributed by atoms with van der Waals surface area (Å²) in [5.41, 5.74) is 4.46. The van der Waals surface area contributed by atoms with Gasteiger partial charge in [-0.2, -0.15) is 0 Å². The molecule has 19 heavy (non-hydrogen) atoms. The Morgan fingerprint density at radius 1 is 1.26 bits per heavy atom. The van der Waals surface area contributed by atoms with Gasteiger partial charge in [0.15, 0.2) is 5.84 Å². The van der Waals surface area contributed by atoms with Gasteiger partial charge in [0.1, 0.15) is 9.84 Å². The van der Waals surface area contributed by atoms with Gasteiger partial charge in [0.2, 0.25) is 10.0 Å². The molecule has 1 fully saturated rings. The molecule has 8 nitrogen and oxygen atoms in total. The minimum atomic E-state index is -3.81. The third-order valence-electron chi connectivity index (χ3n) is 3.13. The molecule has 0 aromatic heterocycles. The molecule has 0 saturated heterocycles. The predicted molar refractivity (Wildman–Crippen MR) is 71.2 cm³/mol. The van der Waals surface area contributed by atoms with Crippen molar-refractivity contribution in [3.05, 3.63) is 0 Å². The summed E-state index contributed by atoms with van der Waals surface area (Å²) in [6.07, 6.45) is 3.34. The molecule has 1 aliphatic rings. The first-order valence-electron chi connectivity index (χ1n) is 5.78. The van der Waals surface area contributed by atoms with Crippen LogP contribution < -0.4 is 10.5 Å². The summed E-state index contributed by atoms with van der Waals surface area (Å²) in [6, 6.07) is 0. The van der Waals surface area contributed by atoms with Crippen LogP contribution in [0.25, 0.3) is 0 Å². The second kappa shape index (κ2) is 5.63. The molecule has 0 aromatic carbocycles. The molecule has 0 aliphatic heterocycles. The maximum absolute atomic E-state index is 11.9. The monoisotopic (exact) mass is 313 g/mol. The smallest absolute Gasteiger partial charge is 0.213 e. The van der Waals surface area contributed by atoms with Gasteiger partial charge in [0.05, 0.1) is 17.0 Å². The van der Waals surface area contributed by atoms with E-state index in [9.17, 15) is 16.8 Å². The molecule has 0 atom stereocenters. The SMILES string of the molecule is CS(=O)(=O)CCS(=O)(=O)NC1(C(N)=NO)CCCC1. The second-order valence-corrected chi connectivity index (χ2v) is 8.93. The summed E-state index contributed by atoms with van der Waals surface area (Å²) in [5.74, 6) is -1.19. The zero-order valence-electron chi connectivity index (χ0n) is 10.7. The van der Waals surface area contributed by atoms with Gasteiger partial charge < -0.3 is 10.9 Å². The Balaban J connectivity index is 2.85. The maximum atomic E-state index is 11.9. The van der Waals surface area contributed by atoms with Crippen molar-refractivity contribution in [2.45, 2.75) is 31.2 Å². The third-order valence-corrected chi connectivity index (χ3v) is 5.78. The fourth-order valence-corrected chi connectivity index (χ4v) is 5.19. The molecule has 1 rings (SSSR count). The van der Waals surface area contributed by atoms with Crippen molar-refractivity contribution in [1.82, 2.24) is 4.72 Å². The molecular formula is C9H19N3O5S2. The van der Waals surface area contributed by atoms with Gasteiger partial charge in [-0.15, -0.1) is 0 Å². The van der Waals surface area contributed by atoms with Crippen LogP contribution in [0.4, 0.5) is 0 Å². The number of amidine groups is 1. The largest absolute Gasteiger partial charge is 0.409 e. The molecule has 10 heteroatoms. The number of nitrogens with two attached hydrogens (primary N) is 1. The van der Waals surface area contributed by atoms with Crippen LogP contribution in [-0.2, 0) is 19.9 Å². The lowest BCUT2D eigenvalue weighted by Crippen LogP contribution is -2.56. The van der Waals surface area contributed by atoms with E-state index in [4.69, 9.17) is 10.9 Å². The first-order chi connectivity index (χ1) is 8.60. The van der Waals surface area contributed by atoms with Crippen molar-refractivity contribution in [2.75, 3.05) is 17.8 Å². The topological polar surface area (TPSA) is 139 Å². The Morgan fingerprint density at radius 2 is 1.79 bits per heavy atom. The Hall–Kier alpha value is -0.870.